The first-order valence-corrected chi connectivity index (χ1v) is 10.4. The van der Waals surface area contributed by atoms with Crippen LogP contribution < -0.4 is 11.1 Å². The Kier molecular flexibility index (Phi) is 4.58. The maximum atomic E-state index is 13.0. The van der Waals surface area contributed by atoms with Gasteiger partial charge in [-0.15, -0.1) is 11.3 Å². The van der Waals surface area contributed by atoms with Gasteiger partial charge in [-0.1, -0.05) is 25.5 Å². The van der Waals surface area contributed by atoms with Crippen LogP contribution in [-0.4, -0.2) is 22.9 Å². The molecule has 0 aromatic carbocycles. The smallest absolute Gasteiger partial charge is 0.307 e. The average Bonchev–Trinajstić information content (AvgIpc) is 3.32. The summed E-state index contributed by atoms with van der Waals surface area (Å²) < 4.78 is 0. The van der Waals surface area contributed by atoms with Gasteiger partial charge in [-0.3, -0.25) is 14.4 Å². The number of anilines is 1. The fraction of sp³-hybridized carbons (Fsp3) is 0.550. The zero-order valence-electron chi connectivity index (χ0n) is 15.2. The zero-order valence-corrected chi connectivity index (χ0v) is 16.1. The molecule has 3 aliphatic rings. The Labute approximate surface area is 161 Å². The second-order valence-electron chi connectivity index (χ2n) is 7.92. The van der Waals surface area contributed by atoms with Crippen molar-refractivity contribution in [2.45, 2.75) is 39.0 Å². The van der Waals surface area contributed by atoms with E-state index in [1.165, 1.54) is 11.3 Å². The van der Waals surface area contributed by atoms with E-state index in [2.05, 4.69) is 12.2 Å². The number of hydrogen-bond donors (Lipinski definition) is 3. The zero-order chi connectivity index (χ0) is 19.3. The van der Waals surface area contributed by atoms with Gasteiger partial charge >= 0.3 is 5.97 Å². The lowest BCUT2D eigenvalue weighted by atomic mass is 9.82. The molecule has 1 fully saturated rings. The van der Waals surface area contributed by atoms with Gasteiger partial charge < -0.3 is 16.2 Å². The Balaban J connectivity index is 1.62. The Hall–Kier alpha value is -2.15. The molecule has 144 valence electrons. The van der Waals surface area contributed by atoms with Gasteiger partial charge in [0.1, 0.15) is 5.00 Å². The molecule has 6 nitrogen and oxygen atoms in total. The number of rotatable bonds is 5. The van der Waals surface area contributed by atoms with E-state index < -0.39 is 23.7 Å². The summed E-state index contributed by atoms with van der Waals surface area (Å²) in [7, 11) is 0. The third-order valence-electron chi connectivity index (χ3n) is 6.47. The van der Waals surface area contributed by atoms with Crippen molar-refractivity contribution < 1.29 is 19.5 Å². The van der Waals surface area contributed by atoms with Crippen LogP contribution in [0, 0.1) is 29.6 Å². The van der Waals surface area contributed by atoms with Crippen molar-refractivity contribution in [1.29, 1.82) is 0 Å². The number of hydrogen-bond acceptors (Lipinski definition) is 4. The summed E-state index contributed by atoms with van der Waals surface area (Å²) in [5.41, 5.74) is 7.01. The Bertz CT molecular complexity index is 843. The van der Waals surface area contributed by atoms with Gasteiger partial charge in [0.2, 0.25) is 5.91 Å². The van der Waals surface area contributed by atoms with Gasteiger partial charge in [-0.25, -0.2) is 0 Å². The first-order chi connectivity index (χ1) is 12.9. The van der Waals surface area contributed by atoms with Crippen LogP contribution in [-0.2, 0) is 22.4 Å². The van der Waals surface area contributed by atoms with E-state index in [-0.39, 0.29) is 17.7 Å². The molecule has 1 heterocycles. The molecule has 1 aromatic heterocycles. The molecule has 5 atom stereocenters. The molecule has 0 spiro atoms. The van der Waals surface area contributed by atoms with Crippen LogP contribution in [0.3, 0.4) is 0 Å². The quantitative estimate of drug-likeness (QED) is 0.674. The van der Waals surface area contributed by atoms with E-state index in [1.54, 1.807) is 0 Å². The number of primary amides is 1. The third kappa shape index (κ3) is 2.98. The lowest BCUT2D eigenvalue weighted by Gasteiger charge is -2.23. The van der Waals surface area contributed by atoms with E-state index in [1.807, 2.05) is 12.2 Å². The number of allylic oxidation sites excluding steroid dienone is 2. The highest BCUT2D eigenvalue weighted by molar-refractivity contribution is 7.17. The number of carboxylic acids is 1. The van der Waals surface area contributed by atoms with E-state index in [9.17, 15) is 19.5 Å². The summed E-state index contributed by atoms with van der Waals surface area (Å²) in [4.78, 5) is 37.9. The highest BCUT2D eigenvalue weighted by Gasteiger charge is 2.51. The molecule has 0 unspecified atom stereocenters. The lowest BCUT2D eigenvalue weighted by Crippen LogP contribution is -2.36. The average molecular weight is 388 g/mol. The van der Waals surface area contributed by atoms with Crippen molar-refractivity contribution in [2.75, 3.05) is 5.32 Å². The van der Waals surface area contributed by atoms with Gasteiger partial charge in [0, 0.05) is 4.88 Å². The molecule has 3 aliphatic carbocycles. The third-order valence-corrected chi connectivity index (χ3v) is 7.64. The van der Waals surface area contributed by atoms with Gasteiger partial charge in [-0.2, -0.15) is 0 Å². The minimum absolute atomic E-state index is 0.0489. The van der Waals surface area contributed by atoms with Crippen molar-refractivity contribution >= 4 is 34.1 Å². The predicted octanol–water partition coefficient (Wildman–Crippen LogP) is 2.82. The van der Waals surface area contributed by atoms with Crippen molar-refractivity contribution in [3.8, 4) is 0 Å². The molecule has 0 saturated heterocycles. The minimum Gasteiger partial charge on any atom is -0.481 e. The van der Waals surface area contributed by atoms with Crippen LogP contribution in [0.1, 0.15) is 47.0 Å². The number of carboxylic acid groups (broad SMARTS) is 1. The first-order valence-electron chi connectivity index (χ1n) is 9.57. The SMILES string of the molecule is CC[C@@H]1CCc2c(sc(NC(=O)[C@H]3[C@H](C(=O)O)[C@H]4C=C[C@H]3C4)c2C(N)=O)C1. The molecule has 7 heteroatoms. The summed E-state index contributed by atoms with van der Waals surface area (Å²) in [6.45, 7) is 2.16. The van der Waals surface area contributed by atoms with E-state index in [0.717, 1.165) is 36.1 Å². The van der Waals surface area contributed by atoms with Crippen molar-refractivity contribution in [1.82, 2.24) is 0 Å². The molecule has 1 aromatic rings. The number of nitrogens with two attached hydrogens (primary N) is 1. The maximum absolute atomic E-state index is 13.0. The monoisotopic (exact) mass is 388 g/mol. The largest absolute Gasteiger partial charge is 0.481 e. The van der Waals surface area contributed by atoms with E-state index in [4.69, 9.17) is 5.73 Å². The standard InChI is InChI=1S/C20H24N2O4S/c1-2-9-3-6-12-13(7-9)27-19(16(12)17(21)23)22-18(24)14-10-4-5-11(8-10)15(14)20(25)26/h4-5,9-11,14-15H,2-3,6-8H2,1H3,(H2,21,23)(H,22,24)(H,25,26)/t9-,10+,11+,14-,15-/m1/s1. The van der Waals surface area contributed by atoms with Crippen molar-refractivity contribution in [3.05, 3.63) is 28.2 Å². The molecule has 2 bridgehead atoms. The fourth-order valence-electron chi connectivity index (χ4n) is 5.06. The van der Waals surface area contributed by atoms with Crippen molar-refractivity contribution in [3.63, 3.8) is 0 Å². The molecule has 0 radical (unpaired) electrons. The number of aliphatic carboxylic acids is 1. The van der Waals surface area contributed by atoms with Gasteiger partial charge in [0.15, 0.2) is 0 Å². The van der Waals surface area contributed by atoms with Crippen LogP contribution in [0.2, 0.25) is 0 Å². The van der Waals surface area contributed by atoms with E-state index in [0.29, 0.717) is 22.9 Å². The summed E-state index contributed by atoms with van der Waals surface area (Å²) in [5.74, 6) is -2.61. The number of nitrogens with one attached hydrogen (secondary N) is 1. The highest BCUT2D eigenvalue weighted by atomic mass is 32.1. The van der Waals surface area contributed by atoms with Gasteiger partial charge in [0.25, 0.3) is 5.91 Å². The Morgan fingerprint density at radius 2 is 1.96 bits per heavy atom. The molecule has 4 N–H and O–H groups in total. The van der Waals surface area contributed by atoms with Crippen LogP contribution >= 0.6 is 11.3 Å². The maximum Gasteiger partial charge on any atom is 0.307 e. The number of carbonyl (C=O) groups excluding carboxylic acids is 2. The van der Waals surface area contributed by atoms with Crippen LogP contribution in [0.15, 0.2) is 12.2 Å². The summed E-state index contributed by atoms with van der Waals surface area (Å²) >= 11 is 1.43. The second-order valence-corrected chi connectivity index (χ2v) is 9.02. The molecule has 1 saturated carbocycles. The number of amides is 2. The normalized spacial score (nSPS) is 30.9. The van der Waals surface area contributed by atoms with Gasteiger partial charge in [0.05, 0.1) is 17.4 Å². The number of fused-ring (bicyclic) bond motifs is 3. The van der Waals surface area contributed by atoms with E-state index >= 15 is 0 Å². The van der Waals surface area contributed by atoms with Crippen LogP contribution in [0.5, 0.6) is 0 Å². The lowest BCUT2D eigenvalue weighted by molar-refractivity contribution is -0.146. The minimum atomic E-state index is -0.932. The molecule has 0 aliphatic heterocycles. The molecule has 2 amide bonds. The molecular formula is C20H24N2O4S. The van der Waals surface area contributed by atoms with Gasteiger partial charge in [-0.05, 0) is 49.0 Å². The molecule has 27 heavy (non-hydrogen) atoms. The Morgan fingerprint density at radius 3 is 2.59 bits per heavy atom. The van der Waals surface area contributed by atoms with Crippen molar-refractivity contribution in [2.24, 2.45) is 35.3 Å². The highest BCUT2D eigenvalue weighted by Crippen LogP contribution is 2.49. The second kappa shape index (κ2) is 6.78. The molecule has 4 rings (SSSR count). The predicted molar refractivity (Wildman–Crippen MR) is 103 cm³/mol. The molecular weight excluding hydrogens is 364 g/mol. The van der Waals surface area contributed by atoms with Crippen LogP contribution in [0.4, 0.5) is 5.00 Å². The number of thiophene rings is 1. The number of carbonyl (C=O) groups is 3. The summed E-state index contributed by atoms with van der Waals surface area (Å²) in [6, 6.07) is 0. The Morgan fingerprint density at radius 1 is 1.26 bits per heavy atom. The summed E-state index contributed by atoms with van der Waals surface area (Å²) in [6.07, 6.45) is 8.38. The summed E-state index contributed by atoms with van der Waals surface area (Å²) in [5, 5.41) is 12.9. The fourth-order valence-corrected chi connectivity index (χ4v) is 6.43. The van der Waals surface area contributed by atoms with Crippen LogP contribution in [0.25, 0.3) is 0 Å². The topological polar surface area (TPSA) is 109 Å². The first kappa shape index (κ1) is 18.2.